The lowest BCUT2D eigenvalue weighted by Crippen LogP contribution is -2.29. The third-order valence-electron chi connectivity index (χ3n) is 2.47. The summed E-state index contributed by atoms with van der Waals surface area (Å²) in [6.07, 6.45) is 0.327. The van der Waals surface area contributed by atoms with Crippen LogP contribution in [0.1, 0.15) is 12.0 Å². The molecule has 0 aliphatic carbocycles. The first-order chi connectivity index (χ1) is 9.13. The Bertz CT molecular complexity index is 414. The predicted molar refractivity (Wildman–Crippen MR) is 67.6 cm³/mol. The van der Waals surface area contributed by atoms with E-state index in [1.165, 1.54) is 6.07 Å². The van der Waals surface area contributed by atoms with Crippen LogP contribution in [0.15, 0.2) is 18.2 Å². The molecule has 19 heavy (non-hydrogen) atoms. The van der Waals surface area contributed by atoms with Gasteiger partial charge in [-0.3, -0.25) is 4.79 Å². The minimum atomic E-state index is -0.864. The van der Waals surface area contributed by atoms with Crippen LogP contribution in [-0.2, 0) is 16.1 Å². The fourth-order valence-electron chi connectivity index (χ4n) is 1.47. The normalized spacial score (nSPS) is 10.5. The van der Waals surface area contributed by atoms with E-state index in [-0.39, 0.29) is 5.91 Å². The highest BCUT2D eigenvalue weighted by Gasteiger charge is 2.03. The van der Waals surface area contributed by atoms with E-state index < -0.39 is 11.6 Å². The molecule has 2 N–H and O–H groups in total. The molecule has 6 heteroatoms. The number of carbonyl (C=O) groups excluding carboxylic acids is 1. The number of amides is 1. The maximum absolute atomic E-state index is 12.9. The molecule has 0 aliphatic heterocycles. The second-order valence-electron chi connectivity index (χ2n) is 4.02. The smallest absolute Gasteiger partial charge is 0.221 e. The molecule has 0 fully saturated rings. The number of halogens is 2. The van der Waals surface area contributed by atoms with Crippen molar-refractivity contribution < 1.29 is 18.3 Å². The minimum absolute atomic E-state index is 0.0742. The quantitative estimate of drug-likeness (QED) is 0.699. The van der Waals surface area contributed by atoms with Crippen LogP contribution in [0.2, 0.25) is 0 Å². The zero-order chi connectivity index (χ0) is 14.1. The standard InChI is InChI=1S/C13H18F2N2O2/c1-19-7-6-17-13(18)4-5-16-9-10-2-3-11(14)12(15)8-10/h2-3,8,16H,4-7,9H2,1H3,(H,17,18). The lowest BCUT2D eigenvalue weighted by atomic mass is 10.2. The zero-order valence-electron chi connectivity index (χ0n) is 10.8. The molecule has 0 atom stereocenters. The van der Waals surface area contributed by atoms with Gasteiger partial charge in [-0.1, -0.05) is 6.07 Å². The van der Waals surface area contributed by atoms with Gasteiger partial charge in [0.1, 0.15) is 0 Å². The van der Waals surface area contributed by atoms with Crippen molar-refractivity contribution >= 4 is 5.91 Å². The molecule has 1 rings (SSSR count). The van der Waals surface area contributed by atoms with E-state index in [1.807, 2.05) is 0 Å². The third-order valence-corrected chi connectivity index (χ3v) is 2.47. The van der Waals surface area contributed by atoms with E-state index in [1.54, 1.807) is 7.11 Å². The largest absolute Gasteiger partial charge is 0.383 e. The van der Waals surface area contributed by atoms with Gasteiger partial charge < -0.3 is 15.4 Å². The van der Waals surface area contributed by atoms with E-state index in [4.69, 9.17) is 4.74 Å². The molecule has 106 valence electrons. The summed E-state index contributed by atoms with van der Waals surface area (Å²) in [5.41, 5.74) is 0.638. The Kier molecular flexibility index (Phi) is 6.99. The van der Waals surface area contributed by atoms with Gasteiger partial charge in [0.15, 0.2) is 11.6 Å². The average molecular weight is 272 g/mol. The lowest BCUT2D eigenvalue weighted by molar-refractivity contribution is -0.121. The van der Waals surface area contributed by atoms with E-state index in [0.29, 0.717) is 38.2 Å². The molecule has 0 aliphatic rings. The van der Waals surface area contributed by atoms with Gasteiger partial charge in [-0.15, -0.1) is 0 Å². The summed E-state index contributed by atoms with van der Waals surface area (Å²) < 4.78 is 30.4. The highest BCUT2D eigenvalue weighted by atomic mass is 19.2. The number of methoxy groups -OCH3 is 1. The van der Waals surface area contributed by atoms with E-state index in [0.717, 1.165) is 12.1 Å². The monoisotopic (exact) mass is 272 g/mol. The Morgan fingerprint density at radius 2 is 2.05 bits per heavy atom. The molecule has 0 saturated carbocycles. The third kappa shape index (κ3) is 6.26. The van der Waals surface area contributed by atoms with Gasteiger partial charge in [0.05, 0.1) is 6.61 Å². The van der Waals surface area contributed by atoms with Crippen LogP contribution in [0.25, 0.3) is 0 Å². The van der Waals surface area contributed by atoms with Crippen molar-refractivity contribution in [1.29, 1.82) is 0 Å². The van der Waals surface area contributed by atoms with Crippen LogP contribution in [0, 0.1) is 11.6 Å². The molecule has 0 spiro atoms. The van der Waals surface area contributed by atoms with Crippen LogP contribution < -0.4 is 10.6 Å². The Balaban J connectivity index is 2.16. The Morgan fingerprint density at radius 1 is 1.26 bits per heavy atom. The molecule has 1 amide bonds. The molecular weight excluding hydrogens is 254 g/mol. The molecule has 0 radical (unpaired) electrons. The molecule has 0 heterocycles. The number of ether oxygens (including phenoxy) is 1. The minimum Gasteiger partial charge on any atom is -0.383 e. The van der Waals surface area contributed by atoms with Crippen molar-refractivity contribution in [2.24, 2.45) is 0 Å². The second kappa shape index (κ2) is 8.55. The van der Waals surface area contributed by atoms with Crippen LogP contribution in [0.3, 0.4) is 0 Å². The molecule has 0 saturated heterocycles. The zero-order valence-corrected chi connectivity index (χ0v) is 10.8. The van der Waals surface area contributed by atoms with Crippen molar-refractivity contribution in [3.63, 3.8) is 0 Å². The van der Waals surface area contributed by atoms with Crippen molar-refractivity contribution in [1.82, 2.24) is 10.6 Å². The first-order valence-corrected chi connectivity index (χ1v) is 6.03. The lowest BCUT2D eigenvalue weighted by Gasteiger charge is -2.06. The fourth-order valence-corrected chi connectivity index (χ4v) is 1.47. The van der Waals surface area contributed by atoms with Gasteiger partial charge >= 0.3 is 0 Å². The van der Waals surface area contributed by atoms with Crippen molar-refractivity contribution in [2.75, 3.05) is 26.8 Å². The number of hydrogen-bond acceptors (Lipinski definition) is 3. The van der Waals surface area contributed by atoms with Gasteiger partial charge in [-0.05, 0) is 17.7 Å². The molecule has 0 aromatic heterocycles. The Labute approximate surface area is 111 Å². The van der Waals surface area contributed by atoms with E-state index in [2.05, 4.69) is 10.6 Å². The number of hydrogen-bond donors (Lipinski definition) is 2. The highest BCUT2D eigenvalue weighted by molar-refractivity contribution is 5.75. The van der Waals surface area contributed by atoms with Crippen molar-refractivity contribution in [3.05, 3.63) is 35.4 Å². The first-order valence-electron chi connectivity index (χ1n) is 6.03. The van der Waals surface area contributed by atoms with Gasteiger partial charge in [0.25, 0.3) is 0 Å². The summed E-state index contributed by atoms with van der Waals surface area (Å²) in [4.78, 5) is 11.3. The summed E-state index contributed by atoms with van der Waals surface area (Å²) in [7, 11) is 1.57. The van der Waals surface area contributed by atoms with Crippen LogP contribution in [-0.4, -0.2) is 32.7 Å². The Hall–Kier alpha value is -1.53. The molecular formula is C13H18F2N2O2. The molecule has 1 aromatic rings. The van der Waals surface area contributed by atoms with Crippen molar-refractivity contribution in [3.8, 4) is 0 Å². The number of rotatable bonds is 8. The summed E-state index contributed by atoms with van der Waals surface area (Å²) in [5.74, 6) is -1.80. The molecule has 4 nitrogen and oxygen atoms in total. The molecule has 0 bridgehead atoms. The summed E-state index contributed by atoms with van der Waals surface area (Å²) in [6, 6.07) is 3.73. The maximum Gasteiger partial charge on any atom is 0.221 e. The average Bonchev–Trinajstić information content (AvgIpc) is 2.39. The highest BCUT2D eigenvalue weighted by Crippen LogP contribution is 2.08. The summed E-state index contributed by atoms with van der Waals surface area (Å²) in [6.45, 7) is 1.83. The van der Waals surface area contributed by atoms with Crippen molar-refractivity contribution in [2.45, 2.75) is 13.0 Å². The Morgan fingerprint density at radius 3 is 2.74 bits per heavy atom. The van der Waals surface area contributed by atoms with Crippen LogP contribution in [0.5, 0.6) is 0 Å². The topological polar surface area (TPSA) is 50.4 Å². The van der Waals surface area contributed by atoms with E-state index >= 15 is 0 Å². The summed E-state index contributed by atoms with van der Waals surface area (Å²) in [5, 5.41) is 5.67. The second-order valence-corrected chi connectivity index (χ2v) is 4.02. The van der Waals surface area contributed by atoms with Gasteiger partial charge in [-0.25, -0.2) is 8.78 Å². The van der Waals surface area contributed by atoms with Gasteiger partial charge in [0.2, 0.25) is 5.91 Å². The van der Waals surface area contributed by atoms with Gasteiger partial charge in [-0.2, -0.15) is 0 Å². The van der Waals surface area contributed by atoms with Crippen LogP contribution in [0.4, 0.5) is 8.78 Å². The van der Waals surface area contributed by atoms with E-state index in [9.17, 15) is 13.6 Å². The van der Waals surface area contributed by atoms with Crippen LogP contribution >= 0.6 is 0 Å². The fraction of sp³-hybridized carbons (Fsp3) is 0.462. The molecule has 1 aromatic carbocycles. The van der Waals surface area contributed by atoms with Gasteiger partial charge in [0, 0.05) is 33.2 Å². The first kappa shape index (κ1) is 15.5. The SMILES string of the molecule is COCCNC(=O)CCNCc1ccc(F)c(F)c1. The number of carbonyl (C=O) groups is 1. The predicted octanol–water partition coefficient (Wildman–Crippen LogP) is 1.21. The number of benzene rings is 1. The number of nitrogens with one attached hydrogen (secondary N) is 2. The maximum atomic E-state index is 12.9. The summed E-state index contributed by atoms with van der Waals surface area (Å²) >= 11 is 0. The molecule has 0 unspecified atom stereocenters.